The van der Waals surface area contributed by atoms with Crippen molar-refractivity contribution < 1.29 is 14.3 Å². The molecule has 1 aliphatic rings. The number of piperazine rings is 1. The number of hydrogen-bond donors (Lipinski definition) is 1. The summed E-state index contributed by atoms with van der Waals surface area (Å²) >= 11 is 0. The summed E-state index contributed by atoms with van der Waals surface area (Å²) in [5.74, 6) is 0.405. The summed E-state index contributed by atoms with van der Waals surface area (Å²) in [6.45, 7) is 3.33. The maximum absolute atomic E-state index is 12.7. The van der Waals surface area contributed by atoms with Gasteiger partial charge in [0.2, 0.25) is 5.91 Å². The number of nitrogens with zero attached hydrogens (tertiary/aromatic N) is 4. The molecule has 1 N–H and O–H groups in total. The first kappa shape index (κ1) is 16.9. The summed E-state index contributed by atoms with van der Waals surface area (Å²) < 4.78 is 6.75. The van der Waals surface area contributed by atoms with Gasteiger partial charge in [-0.15, -0.1) is 5.10 Å². The molecule has 1 aliphatic heterocycles. The molecule has 0 bridgehead atoms. The molecule has 25 heavy (non-hydrogen) atoms. The third-order valence-corrected chi connectivity index (χ3v) is 4.24. The first-order valence-electron chi connectivity index (χ1n) is 8.24. The second-order valence-electron chi connectivity index (χ2n) is 5.86. The summed E-state index contributed by atoms with van der Waals surface area (Å²) in [4.78, 5) is 26.2. The second-order valence-corrected chi connectivity index (χ2v) is 5.86. The largest absolute Gasteiger partial charge is 0.497 e. The minimum Gasteiger partial charge on any atom is -0.497 e. The third kappa shape index (κ3) is 3.62. The molecular weight excluding hydrogens is 322 g/mol. The van der Waals surface area contributed by atoms with Gasteiger partial charge in [0.15, 0.2) is 5.69 Å². The molecule has 3 rings (SSSR count). The molecule has 1 fully saturated rings. The van der Waals surface area contributed by atoms with Crippen LogP contribution in [0.15, 0.2) is 30.5 Å². The van der Waals surface area contributed by atoms with Gasteiger partial charge in [0.25, 0.3) is 5.91 Å². The summed E-state index contributed by atoms with van der Waals surface area (Å²) in [6.07, 6.45) is 2.18. The van der Waals surface area contributed by atoms with Gasteiger partial charge in [-0.05, 0) is 24.1 Å². The average molecular weight is 343 g/mol. The molecule has 2 heterocycles. The van der Waals surface area contributed by atoms with Gasteiger partial charge in [-0.3, -0.25) is 9.59 Å². The van der Waals surface area contributed by atoms with E-state index in [-0.39, 0.29) is 17.5 Å². The summed E-state index contributed by atoms with van der Waals surface area (Å²) in [6, 6.07) is 7.16. The van der Waals surface area contributed by atoms with Crippen molar-refractivity contribution in [1.82, 2.24) is 25.2 Å². The number of carbonyl (C=O) groups excluding carboxylic acids is 2. The molecular formula is C17H21N5O3. The first-order chi connectivity index (χ1) is 12.1. The van der Waals surface area contributed by atoms with E-state index in [0.717, 1.165) is 11.3 Å². The Morgan fingerprint density at radius 2 is 2.12 bits per heavy atom. The molecule has 132 valence electrons. The molecule has 2 aromatic rings. The lowest BCUT2D eigenvalue weighted by molar-refractivity contribution is -0.127. The zero-order valence-corrected chi connectivity index (χ0v) is 14.3. The Morgan fingerprint density at radius 3 is 2.80 bits per heavy atom. The normalized spacial score (nSPS) is 17.3. The molecule has 8 nitrogen and oxygen atoms in total. The Labute approximate surface area is 145 Å². The van der Waals surface area contributed by atoms with Crippen molar-refractivity contribution in [3.8, 4) is 5.75 Å². The maximum Gasteiger partial charge on any atom is 0.276 e. The van der Waals surface area contributed by atoms with E-state index < -0.39 is 6.04 Å². The molecule has 0 aliphatic carbocycles. The zero-order chi connectivity index (χ0) is 17.8. The van der Waals surface area contributed by atoms with Crippen LogP contribution in [-0.2, 0) is 11.3 Å². The molecule has 1 saturated heterocycles. The standard InChI is InChI=1S/C17H21N5O3/c1-3-15-16(23)18-8-9-22(15)17(24)14-11-21(20-19-14)10-12-4-6-13(25-2)7-5-12/h4-7,11,15H,3,8-10H2,1-2H3,(H,18,23). The van der Waals surface area contributed by atoms with Crippen LogP contribution in [0.4, 0.5) is 0 Å². The Hall–Kier alpha value is -2.90. The number of ether oxygens (including phenoxy) is 1. The van der Waals surface area contributed by atoms with E-state index >= 15 is 0 Å². The Kier molecular flexibility index (Phi) is 4.97. The van der Waals surface area contributed by atoms with Crippen LogP contribution >= 0.6 is 0 Å². The van der Waals surface area contributed by atoms with Crippen LogP contribution in [0, 0.1) is 0 Å². The first-order valence-corrected chi connectivity index (χ1v) is 8.24. The minimum atomic E-state index is -0.451. The van der Waals surface area contributed by atoms with Crippen LogP contribution in [0.5, 0.6) is 5.75 Å². The van der Waals surface area contributed by atoms with Crippen LogP contribution in [0.1, 0.15) is 29.4 Å². The van der Waals surface area contributed by atoms with Gasteiger partial charge < -0.3 is 15.0 Å². The van der Waals surface area contributed by atoms with Crippen LogP contribution in [0.3, 0.4) is 0 Å². The van der Waals surface area contributed by atoms with Crippen LogP contribution < -0.4 is 10.1 Å². The minimum absolute atomic E-state index is 0.118. The molecule has 1 atom stereocenters. The molecule has 0 spiro atoms. The predicted molar refractivity (Wildman–Crippen MR) is 90.2 cm³/mol. The fraction of sp³-hybridized carbons (Fsp3) is 0.412. The highest BCUT2D eigenvalue weighted by Gasteiger charge is 2.33. The van der Waals surface area contributed by atoms with Crippen molar-refractivity contribution in [2.24, 2.45) is 0 Å². The number of nitrogens with one attached hydrogen (secondary N) is 1. The molecule has 1 aromatic heterocycles. The lowest BCUT2D eigenvalue weighted by Crippen LogP contribution is -2.57. The van der Waals surface area contributed by atoms with Crippen LogP contribution in [0.2, 0.25) is 0 Å². The SMILES string of the molecule is CCC1C(=O)NCCN1C(=O)c1cn(Cc2ccc(OC)cc2)nn1. The van der Waals surface area contributed by atoms with E-state index in [1.165, 1.54) is 0 Å². The average Bonchev–Trinajstić information content (AvgIpc) is 3.10. The van der Waals surface area contributed by atoms with Crippen molar-refractivity contribution >= 4 is 11.8 Å². The number of aromatic nitrogens is 3. The molecule has 1 unspecified atom stereocenters. The highest BCUT2D eigenvalue weighted by atomic mass is 16.5. The number of methoxy groups -OCH3 is 1. The van der Waals surface area contributed by atoms with Gasteiger partial charge in [-0.25, -0.2) is 4.68 Å². The smallest absolute Gasteiger partial charge is 0.276 e. The molecule has 2 amide bonds. The van der Waals surface area contributed by atoms with E-state index in [0.29, 0.717) is 26.1 Å². The highest BCUT2D eigenvalue weighted by molar-refractivity contribution is 5.96. The zero-order valence-electron chi connectivity index (χ0n) is 14.3. The lowest BCUT2D eigenvalue weighted by Gasteiger charge is -2.33. The quantitative estimate of drug-likeness (QED) is 0.863. The number of benzene rings is 1. The van der Waals surface area contributed by atoms with E-state index in [9.17, 15) is 9.59 Å². The maximum atomic E-state index is 12.7. The number of amides is 2. The molecule has 0 saturated carbocycles. The van der Waals surface area contributed by atoms with Crippen molar-refractivity contribution in [1.29, 1.82) is 0 Å². The van der Waals surface area contributed by atoms with Gasteiger partial charge in [0, 0.05) is 13.1 Å². The Balaban J connectivity index is 1.71. The van der Waals surface area contributed by atoms with Gasteiger partial charge in [-0.2, -0.15) is 0 Å². The number of carbonyl (C=O) groups is 2. The molecule has 0 radical (unpaired) electrons. The van der Waals surface area contributed by atoms with Gasteiger partial charge in [0.05, 0.1) is 19.9 Å². The van der Waals surface area contributed by atoms with Gasteiger partial charge in [0.1, 0.15) is 11.8 Å². The van der Waals surface area contributed by atoms with Crippen LogP contribution in [0.25, 0.3) is 0 Å². The molecule has 8 heteroatoms. The number of hydrogen-bond acceptors (Lipinski definition) is 5. The second kappa shape index (κ2) is 7.33. The van der Waals surface area contributed by atoms with E-state index in [1.54, 1.807) is 22.9 Å². The predicted octanol–water partition coefficient (Wildman–Crippen LogP) is 0.686. The third-order valence-electron chi connectivity index (χ3n) is 4.24. The van der Waals surface area contributed by atoms with Crippen molar-refractivity contribution in [3.63, 3.8) is 0 Å². The van der Waals surface area contributed by atoms with Crippen LogP contribution in [-0.4, -0.2) is 57.9 Å². The Morgan fingerprint density at radius 1 is 1.36 bits per heavy atom. The monoisotopic (exact) mass is 343 g/mol. The van der Waals surface area contributed by atoms with E-state index in [1.807, 2.05) is 31.2 Å². The molecule has 1 aromatic carbocycles. The Bertz CT molecular complexity index is 756. The fourth-order valence-electron chi connectivity index (χ4n) is 2.90. The van der Waals surface area contributed by atoms with Gasteiger partial charge in [-0.1, -0.05) is 24.3 Å². The van der Waals surface area contributed by atoms with Crippen molar-refractivity contribution in [2.45, 2.75) is 25.9 Å². The van der Waals surface area contributed by atoms with Crippen molar-refractivity contribution in [3.05, 3.63) is 41.7 Å². The number of rotatable bonds is 5. The summed E-state index contributed by atoms with van der Waals surface area (Å²) in [7, 11) is 1.62. The topological polar surface area (TPSA) is 89.4 Å². The highest BCUT2D eigenvalue weighted by Crippen LogP contribution is 2.14. The van der Waals surface area contributed by atoms with E-state index in [4.69, 9.17) is 4.74 Å². The summed E-state index contributed by atoms with van der Waals surface area (Å²) in [5, 5.41) is 10.8. The summed E-state index contributed by atoms with van der Waals surface area (Å²) in [5.41, 5.74) is 1.27. The fourth-order valence-corrected chi connectivity index (χ4v) is 2.90. The van der Waals surface area contributed by atoms with E-state index in [2.05, 4.69) is 15.6 Å². The van der Waals surface area contributed by atoms with Gasteiger partial charge >= 0.3 is 0 Å². The lowest BCUT2D eigenvalue weighted by atomic mass is 10.1. The van der Waals surface area contributed by atoms with Crippen molar-refractivity contribution in [2.75, 3.05) is 20.2 Å².